The van der Waals surface area contributed by atoms with Crippen molar-refractivity contribution < 1.29 is 4.74 Å². The van der Waals surface area contributed by atoms with Gasteiger partial charge < -0.3 is 10.5 Å². The first kappa shape index (κ1) is 14.2. The van der Waals surface area contributed by atoms with Gasteiger partial charge in [-0.25, -0.2) is 0 Å². The summed E-state index contributed by atoms with van der Waals surface area (Å²) in [5.74, 6) is 0. The predicted molar refractivity (Wildman–Crippen MR) is 85.0 cm³/mol. The molecule has 0 bridgehead atoms. The second kappa shape index (κ2) is 6.37. The number of aromatic nitrogens is 1. The van der Waals surface area contributed by atoms with Gasteiger partial charge in [0.05, 0.1) is 6.10 Å². The van der Waals surface area contributed by atoms with Crippen LogP contribution in [0, 0.1) is 0 Å². The van der Waals surface area contributed by atoms with Crippen LogP contribution < -0.4 is 5.73 Å². The van der Waals surface area contributed by atoms with Gasteiger partial charge in [-0.15, -0.1) is 0 Å². The molecule has 2 atom stereocenters. The van der Waals surface area contributed by atoms with E-state index < -0.39 is 0 Å². The minimum atomic E-state index is -0.0168. The van der Waals surface area contributed by atoms with Crippen LogP contribution in [0.1, 0.15) is 37.0 Å². The van der Waals surface area contributed by atoms with E-state index in [0.717, 1.165) is 30.6 Å². The van der Waals surface area contributed by atoms with Crippen LogP contribution in [-0.4, -0.2) is 17.6 Å². The van der Waals surface area contributed by atoms with Crippen LogP contribution in [0.25, 0.3) is 11.1 Å². The van der Waals surface area contributed by atoms with Crippen molar-refractivity contribution in [2.75, 3.05) is 6.61 Å². The summed E-state index contributed by atoms with van der Waals surface area (Å²) >= 11 is 0. The molecule has 1 aromatic carbocycles. The van der Waals surface area contributed by atoms with E-state index in [1.54, 1.807) is 0 Å². The molecule has 2 aromatic rings. The second-order valence-corrected chi connectivity index (χ2v) is 5.70. The quantitative estimate of drug-likeness (QED) is 0.933. The topological polar surface area (TPSA) is 48.1 Å². The molecule has 0 unspecified atom stereocenters. The van der Waals surface area contributed by atoms with Crippen LogP contribution in [0.5, 0.6) is 0 Å². The summed E-state index contributed by atoms with van der Waals surface area (Å²) in [7, 11) is 0. The van der Waals surface area contributed by atoms with Crippen LogP contribution in [0.2, 0.25) is 0 Å². The Bertz CT molecular complexity index is 594. The summed E-state index contributed by atoms with van der Waals surface area (Å²) in [4.78, 5) is 4.36. The Kier molecular flexibility index (Phi) is 4.32. The molecule has 2 N–H and O–H groups in total. The van der Waals surface area contributed by atoms with Gasteiger partial charge in [0.1, 0.15) is 0 Å². The molecule has 2 heterocycles. The molecule has 21 heavy (non-hydrogen) atoms. The molecule has 1 aliphatic heterocycles. The molecule has 0 saturated carbocycles. The molecular weight excluding hydrogens is 260 g/mol. The van der Waals surface area contributed by atoms with E-state index in [4.69, 9.17) is 10.5 Å². The number of nitrogens with zero attached hydrogens (tertiary/aromatic N) is 1. The molecule has 3 heteroatoms. The molecule has 0 radical (unpaired) electrons. The highest BCUT2D eigenvalue weighted by Gasteiger charge is 2.26. The predicted octanol–water partition coefficient (Wildman–Crippen LogP) is 3.49. The smallest absolute Gasteiger partial charge is 0.0991 e. The number of benzene rings is 1. The van der Waals surface area contributed by atoms with Crippen molar-refractivity contribution in [2.45, 2.75) is 38.3 Å². The third-order valence-corrected chi connectivity index (χ3v) is 4.05. The standard InChI is InChI=1S/C18H22N2O/c1-2-3-13-4-6-14(7-5-13)15-10-16(12-20-11-15)18-17(19)8-9-21-18/h4-7,10-12,17-18H,2-3,8-9,19H2,1H3/t17-,18+/m1/s1. The van der Waals surface area contributed by atoms with Crippen molar-refractivity contribution >= 4 is 0 Å². The number of ether oxygens (including phenoxy) is 1. The summed E-state index contributed by atoms with van der Waals surface area (Å²) in [5, 5.41) is 0. The molecule has 0 amide bonds. The van der Waals surface area contributed by atoms with E-state index in [1.807, 2.05) is 12.4 Å². The summed E-state index contributed by atoms with van der Waals surface area (Å²) in [6.45, 7) is 2.94. The Morgan fingerprint density at radius 1 is 1.19 bits per heavy atom. The Morgan fingerprint density at radius 2 is 2.00 bits per heavy atom. The average molecular weight is 282 g/mol. The van der Waals surface area contributed by atoms with Crippen LogP contribution in [0.3, 0.4) is 0 Å². The summed E-state index contributed by atoms with van der Waals surface area (Å²) in [6.07, 6.45) is 6.97. The Labute approximate surface area is 126 Å². The molecule has 0 spiro atoms. The van der Waals surface area contributed by atoms with Crippen molar-refractivity contribution in [3.8, 4) is 11.1 Å². The Balaban J connectivity index is 1.85. The maximum absolute atomic E-state index is 6.10. The van der Waals surface area contributed by atoms with E-state index in [-0.39, 0.29) is 12.1 Å². The van der Waals surface area contributed by atoms with E-state index in [2.05, 4.69) is 42.2 Å². The van der Waals surface area contributed by atoms with E-state index in [0.29, 0.717) is 0 Å². The number of rotatable bonds is 4. The molecule has 1 aromatic heterocycles. The highest BCUT2D eigenvalue weighted by molar-refractivity contribution is 5.63. The van der Waals surface area contributed by atoms with E-state index in [1.165, 1.54) is 17.5 Å². The highest BCUT2D eigenvalue weighted by Crippen LogP contribution is 2.30. The Hall–Kier alpha value is -1.71. The number of hydrogen-bond acceptors (Lipinski definition) is 3. The first-order chi connectivity index (χ1) is 10.3. The zero-order valence-electron chi connectivity index (χ0n) is 12.5. The van der Waals surface area contributed by atoms with Crippen molar-refractivity contribution in [1.29, 1.82) is 0 Å². The van der Waals surface area contributed by atoms with Crippen molar-refractivity contribution in [1.82, 2.24) is 4.98 Å². The van der Waals surface area contributed by atoms with Crippen LogP contribution >= 0.6 is 0 Å². The highest BCUT2D eigenvalue weighted by atomic mass is 16.5. The SMILES string of the molecule is CCCc1ccc(-c2cncc([C@@H]3OCC[C@H]3N)c2)cc1. The minimum Gasteiger partial charge on any atom is -0.372 e. The van der Waals surface area contributed by atoms with Crippen molar-refractivity contribution in [2.24, 2.45) is 5.73 Å². The fourth-order valence-electron chi connectivity index (χ4n) is 2.87. The first-order valence-electron chi connectivity index (χ1n) is 7.69. The van der Waals surface area contributed by atoms with Gasteiger partial charge in [0.2, 0.25) is 0 Å². The Morgan fingerprint density at radius 3 is 2.67 bits per heavy atom. The van der Waals surface area contributed by atoms with Gasteiger partial charge in [0, 0.05) is 36.2 Å². The van der Waals surface area contributed by atoms with Gasteiger partial charge in [-0.05, 0) is 30.0 Å². The zero-order valence-corrected chi connectivity index (χ0v) is 12.5. The number of aryl methyl sites for hydroxylation is 1. The lowest BCUT2D eigenvalue weighted by atomic mass is 9.99. The molecule has 1 aliphatic rings. The molecule has 1 fully saturated rings. The van der Waals surface area contributed by atoms with Gasteiger partial charge >= 0.3 is 0 Å². The van der Waals surface area contributed by atoms with Crippen LogP contribution in [0.4, 0.5) is 0 Å². The van der Waals surface area contributed by atoms with Gasteiger partial charge in [-0.2, -0.15) is 0 Å². The summed E-state index contributed by atoms with van der Waals surface area (Å²) in [6, 6.07) is 11.0. The fraction of sp³-hybridized carbons (Fsp3) is 0.389. The van der Waals surface area contributed by atoms with Gasteiger partial charge in [-0.3, -0.25) is 4.98 Å². The summed E-state index contributed by atoms with van der Waals surface area (Å²) in [5.41, 5.74) is 10.9. The molecule has 3 nitrogen and oxygen atoms in total. The van der Waals surface area contributed by atoms with Crippen LogP contribution in [-0.2, 0) is 11.2 Å². The number of hydrogen-bond donors (Lipinski definition) is 1. The third-order valence-electron chi connectivity index (χ3n) is 4.05. The molecular formula is C18H22N2O. The van der Waals surface area contributed by atoms with E-state index in [9.17, 15) is 0 Å². The third kappa shape index (κ3) is 3.14. The molecule has 0 aliphatic carbocycles. The average Bonchev–Trinajstić information content (AvgIpc) is 2.95. The lowest BCUT2D eigenvalue weighted by Gasteiger charge is -2.15. The monoisotopic (exact) mass is 282 g/mol. The molecule has 3 rings (SSSR count). The maximum Gasteiger partial charge on any atom is 0.0991 e. The molecule has 110 valence electrons. The normalized spacial score (nSPS) is 21.6. The minimum absolute atomic E-state index is 0.0168. The second-order valence-electron chi connectivity index (χ2n) is 5.70. The van der Waals surface area contributed by atoms with E-state index >= 15 is 0 Å². The lowest BCUT2D eigenvalue weighted by molar-refractivity contribution is 0.105. The van der Waals surface area contributed by atoms with Gasteiger partial charge in [0.15, 0.2) is 0 Å². The van der Waals surface area contributed by atoms with Crippen molar-refractivity contribution in [3.05, 3.63) is 53.9 Å². The maximum atomic E-state index is 6.10. The molecule has 1 saturated heterocycles. The van der Waals surface area contributed by atoms with Gasteiger partial charge in [-0.1, -0.05) is 37.6 Å². The summed E-state index contributed by atoms with van der Waals surface area (Å²) < 4.78 is 5.73. The fourth-order valence-corrected chi connectivity index (χ4v) is 2.87. The zero-order chi connectivity index (χ0) is 14.7. The van der Waals surface area contributed by atoms with Crippen LogP contribution in [0.15, 0.2) is 42.7 Å². The first-order valence-corrected chi connectivity index (χ1v) is 7.69. The number of nitrogens with two attached hydrogens (primary N) is 1. The lowest BCUT2D eigenvalue weighted by Crippen LogP contribution is -2.23. The van der Waals surface area contributed by atoms with Gasteiger partial charge in [0.25, 0.3) is 0 Å². The number of pyridine rings is 1. The largest absolute Gasteiger partial charge is 0.372 e. The van der Waals surface area contributed by atoms with Crippen molar-refractivity contribution in [3.63, 3.8) is 0 Å².